The van der Waals surface area contributed by atoms with Crippen molar-refractivity contribution < 1.29 is 4.92 Å². The van der Waals surface area contributed by atoms with Crippen LogP contribution in [-0.4, -0.2) is 20.5 Å². The van der Waals surface area contributed by atoms with Crippen LogP contribution in [-0.2, 0) is 13.0 Å². The van der Waals surface area contributed by atoms with Gasteiger partial charge in [0.2, 0.25) is 0 Å². The Morgan fingerprint density at radius 3 is 2.95 bits per heavy atom. The molecule has 1 heterocycles. The number of rotatable bonds is 5. The first-order valence-electron chi connectivity index (χ1n) is 6.14. The van der Waals surface area contributed by atoms with Crippen molar-refractivity contribution in [3.8, 4) is 0 Å². The van der Waals surface area contributed by atoms with E-state index in [1.54, 1.807) is 17.0 Å². The molecule has 20 heavy (non-hydrogen) atoms. The molecular weight excluding hydrogens is 280 g/mol. The van der Waals surface area contributed by atoms with Crippen molar-refractivity contribution in [2.24, 2.45) is 5.73 Å². The fourth-order valence-electron chi connectivity index (χ4n) is 1.98. The zero-order valence-electron chi connectivity index (χ0n) is 11.0. The number of nitrogens with zero attached hydrogens (tertiary/aromatic N) is 3. The van der Waals surface area contributed by atoms with E-state index in [1.807, 2.05) is 13.1 Å². The van der Waals surface area contributed by atoms with E-state index in [0.29, 0.717) is 23.6 Å². The van der Waals surface area contributed by atoms with Gasteiger partial charge in [0.1, 0.15) is 0 Å². The molecule has 6 nitrogen and oxygen atoms in total. The van der Waals surface area contributed by atoms with Gasteiger partial charge in [-0.1, -0.05) is 11.6 Å². The molecule has 1 unspecified atom stereocenters. The van der Waals surface area contributed by atoms with Crippen molar-refractivity contribution in [3.05, 3.63) is 57.1 Å². The van der Waals surface area contributed by atoms with Gasteiger partial charge in [0.05, 0.1) is 29.1 Å². The average Bonchev–Trinajstić information content (AvgIpc) is 2.75. The van der Waals surface area contributed by atoms with E-state index in [9.17, 15) is 10.1 Å². The summed E-state index contributed by atoms with van der Waals surface area (Å²) < 4.78 is 1.79. The quantitative estimate of drug-likeness (QED) is 0.677. The minimum absolute atomic E-state index is 0.0267. The molecule has 0 aliphatic rings. The number of aromatic nitrogens is 2. The van der Waals surface area contributed by atoms with Crippen molar-refractivity contribution in [3.63, 3.8) is 0 Å². The summed E-state index contributed by atoms with van der Waals surface area (Å²) in [5.41, 5.74) is 7.18. The Kier molecular flexibility index (Phi) is 4.36. The highest BCUT2D eigenvalue weighted by Crippen LogP contribution is 2.23. The van der Waals surface area contributed by atoms with E-state index in [4.69, 9.17) is 17.3 Å². The van der Waals surface area contributed by atoms with Crippen LogP contribution in [0.5, 0.6) is 0 Å². The summed E-state index contributed by atoms with van der Waals surface area (Å²) >= 11 is 5.90. The van der Waals surface area contributed by atoms with Crippen LogP contribution in [0.3, 0.4) is 0 Å². The molecule has 7 heteroatoms. The summed E-state index contributed by atoms with van der Waals surface area (Å²) in [6.45, 7) is 2.25. The summed E-state index contributed by atoms with van der Waals surface area (Å²) in [5, 5.41) is 11.5. The molecule has 0 spiro atoms. The molecule has 1 atom stereocenters. The third-order valence-corrected chi connectivity index (χ3v) is 3.04. The van der Waals surface area contributed by atoms with Crippen LogP contribution in [0.25, 0.3) is 0 Å². The molecule has 0 saturated carbocycles. The number of benzene rings is 1. The standard InChI is InChI=1S/C13H15ClN4O2/c1-9(15)4-12-7-17(8-16-12)6-10-5-11(14)2-3-13(10)18(19)20/h2-3,5,7-9H,4,6,15H2,1H3. The zero-order chi connectivity index (χ0) is 14.7. The van der Waals surface area contributed by atoms with Gasteiger partial charge in [-0.15, -0.1) is 0 Å². The van der Waals surface area contributed by atoms with Crippen molar-refractivity contribution >= 4 is 17.3 Å². The smallest absolute Gasteiger partial charge is 0.274 e. The number of nitrogens with two attached hydrogens (primary N) is 1. The second-order valence-electron chi connectivity index (χ2n) is 4.75. The second kappa shape index (κ2) is 6.02. The normalized spacial score (nSPS) is 12.3. The minimum Gasteiger partial charge on any atom is -0.333 e. The van der Waals surface area contributed by atoms with Crippen molar-refractivity contribution in [1.29, 1.82) is 0 Å². The monoisotopic (exact) mass is 294 g/mol. The Labute approximate surface area is 121 Å². The molecule has 0 aliphatic carbocycles. The first-order valence-corrected chi connectivity index (χ1v) is 6.52. The molecule has 0 amide bonds. The predicted molar refractivity (Wildman–Crippen MR) is 76.8 cm³/mol. The molecule has 0 radical (unpaired) electrons. The van der Waals surface area contributed by atoms with Gasteiger partial charge in [-0.3, -0.25) is 10.1 Å². The van der Waals surface area contributed by atoms with Gasteiger partial charge < -0.3 is 10.3 Å². The molecule has 2 aromatic rings. The molecule has 1 aromatic carbocycles. The fraction of sp³-hybridized carbons (Fsp3) is 0.308. The molecule has 106 valence electrons. The Balaban J connectivity index is 2.23. The zero-order valence-corrected chi connectivity index (χ0v) is 11.7. The number of nitro benzene ring substituents is 1. The third-order valence-electron chi connectivity index (χ3n) is 2.81. The maximum Gasteiger partial charge on any atom is 0.274 e. The lowest BCUT2D eigenvalue weighted by Gasteiger charge is -2.04. The molecular formula is C13H15ClN4O2. The topological polar surface area (TPSA) is 87.0 Å². The highest BCUT2D eigenvalue weighted by Gasteiger charge is 2.14. The van der Waals surface area contributed by atoms with Crippen molar-refractivity contribution in [1.82, 2.24) is 9.55 Å². The minimum atomic E-state index is -0.411. The average molecular weight is 295 g/mol. The van der Waals surface area contributed by atoms with Gasteiger partial charge in [0.15, 0.2) is 0 Å². The Hall–Kier alpha value is -1.92. The van der Waals surface area contributed by atoms with Crippen molar-refractivity contribution in [2.75, 3.05) is 0 Å². The van der Waals surface area contributed by atoms with Gasteiger partial charge >= 0.3 is 0 Å². The summed E-state index contributed by atoms with van der Waals surface area (Å²) in [7, 11) is 0. The number of hydrogen-bond acceptors (Lipinski definition) is 4. The van der Waals surface area contributed by atoms with Crippen LogP contribution in [0.1, 0.15) is 18.2 Å². The maximum atomic E-state index is 11.0. The SMILES string of the molecule is CC(N)Cc1cn(Cc2cc(Cl)ccc2[N+](=O)[O-])cn1. The van der Waals surface area contributed by atoms with Crippen LogP contribution in [0.2, 0.25) is 5.02 Å². The van der Waals surface area contributed by atoms with E-state index in [0.717, 1.165) is 5.69 Å². The summed E-state index contributed by atoms with van der Waals surface area (Å²) in [5.74, 6) is 0. The van der Waals surface area contributed by atoms with Crippen LogP contribution >= 0.6 is 11.6 Å². The van der Waals surface area contributed by atoms with Gasteiger partial charge in [-0.25, -0.2) is 4.98 Å². The van der Waals surface area contributed by atoms with E-state index in [1.165, 1.54) is 12.1 Å². The molecule has 2 rings (SSSR count). The highest BCUT2D eigenvalue weighted by molar-refractivity contribution is 6.30. The Bertz CT molecular complexity index is 625. The number of nitro groups is 1. The van der Waals surface area contributed by atoms with Gasteiger partial charge in [-0.05, 0) is 19.1 Å². The number of hydrogen-bond donors (Lipinski definition) is 1. The number of imidazole rings is 1. The van der Waals surface area contributed by atoms with E-state index in [-0.39, 0.29) is 11.7 Å². The van der Waals surface area contributed by atoms with Crippen molar-refractivity contribution in [2.45, 2.75) is 25.9 Å². The summed E-state index contributed by atoms with van der Waals surface area (Å²) in [6, 6.07) is 4.56. The van der Waals surface area contributed by atoms with E-state index in [2.05, 4.69) is 4.98 Å². The first-order chi connectivity index (χ1) is 9.45. The van der Waals surface area contributed by atoms with E-state index < -0.39 is 4.92 Å². The lowest BCUT2D eigenvalue weighted by atomic mass is 10.2. The molecule has 0 bridgehead atoms. The summed E-state index contributed by atoms with van der Waals surface area (Å²) in [4.78, 5) is 14.8. The third kappa shape index (κ3) is 3.55. The molecule has 2 N–H and O–H groups in total. The van der Waals surface area contributed by atoms with Crippen LogP contribution < -0.4 is 5.73 Å². The van der Waals surface area contributed by atoms with Gasteiger partial charge in [-0.2, -0.15) is 0 Å². The highest BCUT2D eigenvalue weighted by atomic mass is 35.5. The lowest BCUT2D eigenvalue weighted by Crippen LogP contribution is -2.17. The fourth-order valence-corrected chi connectivity index (χ4v) is 2.18. The Morgan fingerprint density at radius 2 is 2.30 bits per heavy atom. The maximum absolute atomic E-state index is 11.0. The number of halogens is 1. The summed E-state index contributed by atoms with van der Waals surface area (Å²) in [6.07, 6.45) is 4.15. The van der Waals surface area contributed by atoms with Gasteiger partial charge in [0.25, 0.3) is 5.69 Å². The first kappa shape index (κ1) is 14.5. The predicted octanol–water partition coefficient (Wildman–Crippen LogP) is 2.38. The molecule has 0 saturated heterocycles. The molecule has 0 fully saturated rings. The van der Waals surface area contributed by atoms with Gasteiger partial charge in [0, 0.05) is 29.7 Å². The second-order valence-corrected chi connectivity index (χ2v) is 5.19. The van der Waals surface area contributed by atoms with Crippen LogP contribution in [0.4, 0.5) is 5.69 Å². The van der Waals surface area contributed by atoms with E-state index >= 15 is 0 Å². The Morgan fingerprint density at radius 1 is 1.55 bits per heavy atom. The lowest BCUT2D eigenvalue weighted by molar-refractivity contribution is -0.385. The molecule has 1 aromatic heterocycles. The molecule has 0 aliphatic heterocycles. The van der Waals surface area contributed by atoms with Crippen LogP contribution in [0, 0.1) is 10.1 Å². The van der Waals surface area contributed by atoms with Crippen LogP contribution in [0.15, 0.2) is 30.7 Å². The largest absolute Gasteiger partial charge is 0.333 e.